The number of hydrogen-bond acceptors (Lipinski definition) is 2. The van der Waals surface area contributed by atoms with Crippen LogP contribution in [-0.2, 0) is 20.0 Å². The molecule has 1 aromatic heterocycles. The molecule has 2 aromatic rings. The molecule has 0 aliphatic carbocycles. The lowest BCUT2D eigenvalue weighted by molar-refractivity contribution is 0.627. The molecule has 0 fully saturated rings. The van der Waals surface area contributed by atoms with Gasteiger partial charge >= 0.3 is 0 Å². The number of nitrogens with one attached hydrogen (secondary N) is 1. The number of aryl methyl sites for hydroxylation is 1. The van der Waals surface area contributed by atoms with E-state index in [9.17, 15) is 4.39 Å². The Morgan fingerprint density at radius 3 is 2.56 bits per heavy atom. The lowest BCUT2D eigenvalue weighted by Crippen LogP contribution is -2.11. The molecule has 4 heteroatoms. The Bertz CT molecular complexity index is 529. The van der Waals surface area contributed by atoms with Crippen LogP contribution in [-0.4, -0.2) is 16.6 Å². The highest BCUT2D eigenvalue weighted by atomic mass is 19.1. The van der Waals surface area contributed by atoms with E-state index in [0.717, 1.165) is 30.0 Å². The summed E-state index contributed by atoms with van der Waals surface area (Å²) in [5.74, 6) is 0.823. The van der Waals surface area contributed by atoms with Crippen LogP contribution in [0.4, 0.5) is 4.39 Å². The van der Waals surface area contributed by atoms with Gasteiger partial charge in [-0.25, -0.2) is 9.37 Å². The van der Waals surface area contributed by atoms with Gasteiger partial charge in [-0.3, -0.25) is 0 Å². The molecule has 0 bridgehead atoms. The van der Waals surface area contributed by atoms with Gasteiger partial charge in [-0.1, -0.05) is 12.1 Å². The van der Waals surface area contributed by atoms with Crippen LogP contribution in [0.2, 0.25) is 0 Å². The van der Waals surface area contributed by atoms with Crippen LogP contribution in [0.5, 0.6) is 0 Å². The summed E-state index contributed by atoms with van der Waals surface area (Å²) in [6.07, 6.45) is 0.777. The van der Waals surface area contributed by atoms with Gasteiger partial charge in [0.15, 0.2) is 0 Å². The largest absolute Gasteiger partial charge is 0.333 e. The first-order chi connectivity index (χ1) is 8.61. The van der Waals surface area contributed by atoms with Crippen molar-refractivity contribution in [3.05, 3.63) is 52.9 Å². The molecule has 2 rings (SSSR count). The van der Waals surface area contributed by atoms with Crippen molar-refractivity contribution in [2.75, 3.05) is 7.05 Å². The minimum atomic E-state index is -0.198. The number of imidazole rings is 1. The average molecular weight is 247 g/mol. The van der Waals surface area contributed by atoms with E-state index in [1.807, 2.05) is 33.2 Å². The molecule has 0 aliphatic heterocycles. The highest BCUT2D eigenvalue weighted by Crippen LogP contribution is 2.15. The second-order valence-electron chi connectivity index (χ2n) is 4.45. The van der Waals surface area contributed by atoms with Gasteiger partial charge in [0, 0.05) is 19.2 Å². The summed E-state index contributed by atoms with van der Waals surface area (Å²) in [6, 6.07) is 6.63. The molecule has 18 heavy (non-hydrogen) atoms. The topological polar surface area (TPSA) is 29.9 Å². The molecule has 0 atom stereocenters. The smallest absolute Gasteiger partial charge is 0.123 e. The maximum atomic E-state index is 12.9. The zero-order valence-electron chi connectivity index (χ0n) is 11.0. The first-order valence-corrected chi connectivity index (χ1v) is 6.02. The van der Waals surface area contributed by atoms with Crippen LogP contribution in [0.15, 0.2) is 24.3 Å². The Morgan fingerprint density at radius 2 is 1.94 bits per heavy atom. The molecule has 0 saturated heterocycles. The lowest BCUT2D eigenvalue weighted by Gasteiger charge is -2.06. The summed E-state index contributed by atoms with van der Waals surface area (Å²) < 4.78 is 15.0. The quantitative estimate of drug-likeness (QED) is 0.897. The zero-order valence-corrected chi connectivity index (χ0v) is 11.0. The summed E-state index contributed by atoms with van der Waals surface area (Å²) in [4.78, 5) is 4.54. The van der Waals surface area contributed by atoms with E-state index in [0.29, 0.717) is 0 Å². The van der Waals surface area contributed by atoms with Crippen LogP contribution < -0.4 is 5.32 Å². The predicted octanol–water partition coefficient (Wildman–Crippen LogP) is 2.18. The molecule has 0 unspecified atom stereocenters. The molecule has 0 saturated carbocycles. The third-order valence-corrected chi connectivity index (χ3v) is 3.13. The van der Waals surface area contributed by atoms with Crippen LogP contribution in [0.3, 0.4) is 0 Å². The number of rotatable bonds is 4. The fourth-order valence-corrected chi connectivity index (χ4v) is 2.09. The van der Waals surface area contributed by atoms with Crippen LogP contribution in [0.25, 0.3) is 0 Å². The van der Waals surface area contributed by atoms with Crippen LogP contribution in [0.1, 0.15) is 22.8 Å². The summed E-state index contributed by atoms with van der Waals surface area (Å²) in [5.41, 5.74) is 3.30. The third kappa shape index (κ3) is 2.59. The molecule has 0 spiro atoms. The molecule has 3 nitrogen and oxygen atoms in total. The van der Waals surface area contributed by atoms with Crippen molar-refractivity contribution >= 4 is 0 Å². The van der Waals surface area contributed by atoms with Crippen molar-refractivity contribution in [3.8, 4) is 0 Å². The zero-order chi connectivity index (χ0) is 13.1. The standard InChI is InChI=1S/C14H18FN3/c1-10-13(18(3)14(17-10)9-16-2)8-11-4-6-12(15)7-5-11/h4-7,16H,8-9H2,1-3H3. The summed E-state index contributed by atoms with van der Waals surface area (Å²) in [6.45, 7) is 2.76. The van der Waals surface area contributed by atoms with Crippen molar-refractivity contribution in [3.63, 3.8) is 0 Å². The van der Waals surface area contributed by atoms with Gasteiger partial charge in [0.25, 0.3) is 0 Å². The van der Waals surface area contributed by atoms with E-state index < -0.39 is 0 Å². The van der Waals surface area contributed by atoms with E-state index in [2.05, 4.69) is 14.9 Å². The molecule has 1 heterocycles. The van der Waals surface area contributed by atoms with E-state index in [1.54, 1.807) is 0 Å². The van der Waals surface area contributed by atoms with E-state index in [1.165, 1.54) is 17.8 Å². The average Bonchev–Trinajstić information content (AvgIpc) is 2.60. The Labute approximate surface area is 107 Å². The van der Waals surface area contributed by atoms with Gasteiger partial charge in [0.05, 0.1) is 12.2 Å². The predicted molar refractivity (Wildman–Crippen MR) is 69.9 cm³/mol. The van der Waals surface area contributed by atoms with Crippen molar-refractivity contribution in [1.82, 2.24) is 14.9 Å². The molecular weight excluding hydrogens is 229 g/mol. The van der Waals surface area contributed by atoms with Gasteiger partial charge < -0.3 is 9.88 Å². The molecular formula is C14H18FN3. The van der Waals surface area contributed by atoms with Crippen LogP contribution >= 0.6 is 0 Å². The number of hydrogen-bond donors (Lipinski definition) is 1. The monoisotopic (exact) mass is 247 g/mol. The van der Waals surface area contributed by atoms with Crippen molar-refractivity contribution in [2.45, 2.75) is 19.9 Å². The molecule has 96 valence electrons. The summed E-state index contributed by atoms with van der Waals surface area (Å²) in [5, 5.41) is 3.10. The number of halogens is 1. The normalized spacial score (nSPS) is 10.9. The fourth-order valence-electron chi connectivity index (χ4n) is 2.09. The second-order valence-corrected chi connectivity index (χ2v) is 4.45. The number of nitrogens with zero attached hydrogens (tertiary/aromatic N) is 2. The third-order valence-electron chi connectivity index (χ3n) is 3.13. The van der Waals surface area contributed by atoms with Gasteiger partial charge in [0.1, 0.15) is 11.6 Å². The van der Waals surface area contributed by atoms with Crippen molar-refractivity contribution in [1.29, 1.82) is 0 Å². The Kier molecular flexibility index (Phi) is 3.77. The highest BCUT2D eigenvalue weighted by molar-refractivity contribution is 5.26. The van der Waals surface area contributed by atoms with E-state index in [4.69, 9.17) is 0 Å². The minimum Gasteiger partial charge on any atom is -0.333 e. The van der Waals surface area contributed by atoms with Crippen molar-refractivity contribution < 1.29 is 4.39 Å². The van der Waals surface area contributed by atoms with Gasteiger partial charge in [0.2, 0.25) is 0 Å². The Hall–Kier alpha value is -1.68. The summed E-state index contributed by atoms with van der Waals surface area (Å²) >= 11 is 0. The Balaban J connectivity index is 2.26. The number of aromatic nitrogens is 2. The van der Waals surface area contributed by atoms with Gasteiger partial charge in [-0.05, 0) is 31.7 Å². The molecule has 0 aliphatic rings. The van der Waals surface area contributed by atoms with Crippen molar-refractivity contribution in [2.24, 2.45) is 7.05 Å². The second kappa shape index (κ2) is 5.31. The van der Waals surface area contributed by atoms with E-state index >= 15 is 0 Å². The van der Waals surface area contributed by atoms with Crippen LogP contribution in [0, 0.1) is 12.7 Å². The Morgan fingerprint density at radius 1 is 1.28 bits per heavy atom. The lowest BCUT2D eigenvalue weighted by atomic mass is 10.1. The maximum Gasteiger partial charge on any atom is 0.123 e. The first-order valence-electron chi connectivity index (χ1n) is 6.02. The van der Waals surface area contributed by atoms with E-state index in [-0.39, 0.29) is 5.82 Å². The maximum absolute atomic E-state index is 12.9. The highest BCUT2D eigenvalue weighted by Gasteiger charge is 2.11. The van der Waals surface area contributed by atoms with Gasteiger partial charge in [-0.2, -0.15) is 0 Å². The summed E-state index contributed by atoms with van der Waals surface area (Å²) in [7, 11) is 3.93. The molecule has 1 N–H and O–H groups in total. The van der Waals surface area contributed by atoms with Gasteiger partial charge in [-0.15, -0.1) is 0 Å². The molecule has 1 aromatic carbocycles. The first kappa shape index (κ1) is 12.8. The molecule has 0 radical (unpaired) electrons. The number of benzene rings is 1. The fraction of sp³-hybridized carbons (Fsp3) is 0.357. The minimum absolute atomic E-state index is 0.198. The SMILES string of the molecule is CNCc1nc(C)c(Cc2ccc(F)cc2)n1C. The molecule has 0 amide bonds.